The number of carbonyl (C=O) groups is 2. The Labute approximate surface area is 171 Å². The number of amides is 1. The Kier molecular flexibility index (Phi) is 7.20. The summed E-state index contributed by atoms with van der Waals surface area (Å²) in [6.45, 7) is 11.9. The molecule has 156 valence electrons. The van der Waals surface area contributed by atoms with E-state index in [9.17, 15) is 9.59 Å². The van der Waals surface area contributed by atoms with E-state index in [1.54, 1.807) is 20.8 Å². The predicted octanol–water partition coefficient (Wildman–Crippen LogP) is 3.63. The second-order valence-corrected chi connectivity index (χ2v) is 7.74. The van der Waals surface area contributed by atoms with E-state index in [4.69, 9.17) is 9.47 Å². The molecule has 0 fully saturated rings. The number of nitrogens with zero attached hydrogens (tertiary/aromatic N) is 1. The third-order valence-corrected chi connectivity index (χ3v) is 4.43. The number of hydrazone groups is 1. The van der Waals surface area contributed by atoms with Crippen molar-refractivity contribution >= 4 is 18.1 Å². The van der Waals surface area contributed by atoms with E-state index in [1.165, 1.54) is 11.8 Å². The van der Waals surface area contributed by atoms with Gasteiger partial charge in [-0.05, 0) is 49.4 Å². The number of hydrogen-bond donors (Lipinski definition) is 2. The molecule has 0 radical (unpaired) electrons. The van der Waals surface area contributed by atoms with Gasteiger partial charge in [-0.25, -0.2) is 10.2 Å². The molecule has 0 spiro atoms. The van der Waals surface area contributed by atoms with E-state index in [-0.39, 0.29) is 23.9 Å². The van der Waals surface area contributed by atoms with E-state index in [2.05, 4.69) is 36.3 Å². The SMILES string of the molecule is CCOC(=O)c1c(C)[nH]c(/C=N/NC(=O)COc2ccc(C(C)(C)C)cc2)c1C. The van der Waals surface area contributed by atoms with Crippen LogP contribution in [0, 0.1) is 13.8 Å². The molecule has 0 aliphatic carbocycles. The zero-order chi connectivity index (χ0) is 21.6. The summed E-state index contributed by atoms with van der Waals surface area (Å²) in [5.41, 5.74) is 6.19. The molecule has 29 heavy (non-hydrogen) atoms. The van der Waals surface area contributed by atoms with Crippen LogP contribution in [0.15, 0.2) is 29.4 Å². The molecule has 0 bridgehead atoms. The molecular weight excluding hydrogens is 370 g/mol. The van der Waals surface area contributed by atoms with Crippen LogP contribution in [-0.4, -0.2) is 36.3 Å². The number of nitrogens with one attached hydrogen (secondary N) is 2. The van der Waals surface area contributed by atoms with Crippen LogP contribution in [0.4, 0.5) is 0 Å². The Morgan fingerprint density at radius 1 is 1.17 bits per heavy atom. The van der Waals surface area contributed by atoms with Gasteiger partial charge in [-0.15, -0.1) is 0 Å². The molecule has 1 amide bonds. The van der Waals surface area contributed by atoms with Crippen LogP contribution in [-0.2, 0) is 14.9 Å². The van der Waals surface area contributed by atoms with Crippen molar-refractivity contribution in [2.75, 3.05) is 13.2 Å². The number of benzene rings is 1. The Morgan fingerprint density at radius 2 is 1.83 bits per heavy atom. The van der Waals surface area contributed by atoms with Gasteiger partial charge < -0.3 is 14.5 Å². The average Bonchev–Trinajstić information content (AvgIpc) is 2.93. The zero-order valence-corrected chi connectivity index (χ0v) is 17.9. The van der Waals surface area contributed by atoms with E-state index in [0.717, 1.165) is 0 Å². The summed E-state index contributed by atoms with van der Waals surface area (Å²) in [4.78, 5) is 27.0. The lowest BCUT2D eigenvalue weighted by atomic mass is 9.87. The highest BCUT2D eigenvalue weighted by Crippen LogP contribution is 2.24. The zero-order valence-electron chi connectivity index (χ0n) is 17.9. The van der Waals surface area contributed by atoms with Gasteiger partial charge in [0.15, 0.2) is 6.61 Å². The van der Waals surface area contributed by atoms with Crippen LogP contribution in [0.5, 0.6) is 5.75 Å². The van der Waals surface area contributed by atoms with Crippen molar-refractivity contribution < 1.29 is 19.1 Å². The van der Waals surface area contributed by atoms with Gasteiger partial charge in [0.2, 0.25) is 0 Å². The molecule has 0 aliphatic rings. The number of aromatic amines is 1. The van der Waals surface area contributed by atoms with Crippen molar-refractivity contribution in [3.05, 3.63) is 52.3 Å². The fourth-order valence-electron chi connectivity index (χ4n) is 2.81. The van der Waals surface area contributed by atoms with Crippen LogP contribution in [0.25, 0.3) is 0 Å². The van der Waals surface area contributed by atoms with E-state index < -0.39 is 0 Å². The fourth-order valence-corrected chi connectivity index (χ4v) is 2.81. The molecule has 0 saturated carbocycles. The first-order valence-electron chi connectivity index (χ1n) is 9.55. The highest BCUT2D eigenvalue weighted by Gasteiger charge is 2.18. The smallest absolute Gasteiger partial charge is 0.340 e. The molecule has 0 unspecified atom stereocenters. The number of esters is 1. The number of rotatable bonds is 7. The summed E-state index contributed by atoms with van der Waals surface area (Å²) in [5.74, 6) is -0.145. The molecule has 1 aromatic carbocycles. The second-order valence-electron chi connectivity index (χ2n) is 7.74. The highest BCUT2D eigenvalue weighted by molar-refractivity contribution is 5.96. The molecule has 2 N–H and O–H groups in total. The first-order valence-corrected chi connectivity index (χ1v) is 9.55. The van der Waals surface area contributed by atoms with Gasteiger partial charge in [0.1, 0.15) is 5.75 Å². The molecule has 7 nitrogen and oxygen atoms in total. The van der Waals surface area contributed by atoms with Crippen molar-refractivity contribution in [1.82, 2.24) is 10.4 Å². The topological polar surface area (TPSA) is 92.8 Å². The maximum Gasteiger partial charge on any atom is 0.340 e. The predicted molar refractivity (Wildman–Crippen MR) is 113 cm³/mol. The quantitative estimate of drug-likeness (QED) is 0.422. The van der Waals surface area contributed by atoms with Gasteiger partial charge in [0.05, 0.1) is 24.1 Å². The third kappa shape index (κ3) is 5.94. The molecule has 0 aliphatic heterocycles. The number of ether oxygens (including phenoxy) is 2. The summed E-state index contributed by atoms with van der Waals surface area (Å²) in [6, 6.07) is 7.67. The summed E-state index contributed by atoms with van der Waals surface area (Å²) in [6.07, 6.45) is 1.46. The molecule has 1 heterocycles. The lowest BCUT2D eigenvalue weighted by Gasteiger charge is -2.19. The largest absolute Gasteiger partial charge is 0.484 e. The molecular formula is C22H29N3O4. The van der Waals surface area contributed by atoms with E-state index >= 15 is 0 Å². The Bertz CT molecular complexity index is 890. The van der Waals surface area contributed by atoms with Crippen LogP contribution in [0.3, 0.4) is 0 Å². The fraction of sp³-hybridized carbons (Fsp3) is 0.409. The van der Waals surface area contributed by atoms with Crippen LogP contribution in [0.2, 0.25) is 0 Å². The van der Waals surface area contributed by atoms with E-state index in [1.807, 2.05) is 24.3 Å². The van der Waals surface area contributed by atoms with Crippen LogP contribution in [0.1, 0.15) is 60.6 Å². The highest BCUT2D eigenvalue weighted by atomic mass is 16.5. The van der Waals surface area contributed by atoms with Crippen molar-refractivity contribution in [3.8, 4) is 5.75 Å². The lowest BCUT2D eigenvalue weighted by Crippen LogP contribution is -2.24. The number of H-pyrrole nitrogens is 1. The lowest BCUT2D eigenvalue weighted by molar-refractivity contribution is -0.123. The summed E-state index contributed by atoms with van der Waals surface area (Å²) in [5, 5.41) is 3.93. The molecule has 2 rings (SSSR count). The molecule has 1 aromatic heterocycles. The van der Waals surface area contributed by atoms with E-state index in [0.29, 0.717) is 34.9 Å². The number of carbonyl (C=O) groups excluding carboxylic acids is 2. The summed E-state index contributed by atoms with van der Waals surface area (Å²) >= 11 is 0. The van der Waals surface area contributed by atoms with Crippen molar-refractivity contribution in [3.63, 3.8) is 0 Å². The number of aryl methyl sites for hydroxylation is 1. The maximum absolute atomic E-state index is 12.0. The van der Waals surface area contributed by atoms with Gasteiger partial charge >= 0.3 is 5.97 Å². The molecule has 0 atom stereocenters. The first-order chi connectivity index (χ1) is 13.6. The monoisotopic (exact) mass is 399 g/mol. The second kappa shape index (κ2) is 9.41. The number of aromatic nitrogens is 1. The van der Waals surface area contributed by atoms with Gasteiger partial charge in [-0.3, -0.25) is 4.79 Å². The number of hydrogen-bond acceptors (Lipinski definition) is 5. The molecule has 2 aromatic rings. The standard InChI is InChI=1S/C22H29N3O4/c1-7-28-21(27)20-14(2)18(24-15(20)3)12-23-25-19(26)13-29-17-10-8-16(9-11-17)22(4,5)6/h8-12,24H,7,13H2,1-6H3,(H,25,26)/b23-12+. The average molecular weight is 399 g/mol. The van der Waals surface area contributed by atoms with Gasteiger partial charge in [-0.2, -0.15) is 5.10 Å². The minimum atomic E-state index is -0.382. The van der Waals surface area contributed by atoms with Gasteiger partial charge in [-0.1, -0.05) is 32.9 Å². The van der Waals surface area contributed by atoms with Crippen molar-refractivity contribution in [2.24, 2.45) is 5.10 Å². The Hall–Kier alpha value is -3.09. The normalized spacial score (nSPS) is 11.5. The van der Waals surface area contributed by atoms with Gasteiger partial charge in [0.25, 0.3) is 5.91 Å². The minimum Gasteiger partial charge on any atom is -0.484 e. The Morgan fingerprint density at radius 3 is 2.41 bits per heavy atom. The van der Waals surface area contributed by atoms with Crippen LogP contribution < -0.4 is 10.2 Å². The summed E-state index contributed by atoms with van der Waals surface area (Å²) < 4.78 is 10.5. The minimum absolute atomic E-state index is 0.0616. The van der Waals surface area contributed by atoms with Crippen LogP contribution >= 0.6 is 0 Å². The third-order valence-electron chi connectivity index (χ3n) is 4.43. The molecule has 7 heteroatoms. The Balaban J connectivity index is 1.90. The van der Waals surface area contributed by atoms with Crippen molar-refractivity contribution in [2.45, 2.75) is 47.0 Å². The van der Waals surface area contributed by atoms with Gasteiger partial charge in [0, 0.05) is 5.69 Å². The maximum atomic E-state index is 12.0. The molecule has 0 saturated heterocycles. The summed E-state index contributed by atoms with van der Waals surface area (Å²) in [7, 11) is 0. The first kappa shape index (κ1) is 22.2. The van der Waals surface area contributed by atoms with Crippen molar-refractivity contribution in [1.29, 1.82) is 0 Å².